The van der Waals surface area contributed by atoms with Crippen LogP contribution in [0.4, 0.5) is 0 Å². The number of nitrogens with one attached hydrogen (secondary N) is 1. The van der Waals surface area contributed by atoms with Gasteiger partial charge in [0.25, 0.3) is 0 Å². The van der Waals surface area contributed by atoms with Crippen LogP contribution in [0.1, 0.15) is 18.2 Å². The van der Waals surface area contributed by atoms with Crippen LogP contribution in [0.2, 0.25) is 0 Å². The second-order valence-corrected chi connectivity index (χ2v) is 3.63. The van der Waals surface area contributed by atoms with Crippen LogP contribution in [0, 0.1) is 0 Å². The summed E-state index contributed by atoms with van der Waals surface area (Å²) >= 11 is 0. The molecule has 2 aromatic heterocycles. The molecule has 0 aliphatic carbocycles. The van der Waals surface area contributed by atoms with Gasteiger partial charge in [-0.15, -0.1) is 0 Å². The molecule has 0 fully saturated rings. The molecular formula is C13H16N2O2. The molecule has 1 N–H and O–H groups in total. The van der Waals surface area contributed by atoms with Crippen molar-refractivity contribution >= 4 is 0 Å². The highest BCUT2D eigenvalue weighted by Gasteiger charge is 2.04. The lowest BCUT2D eigenvalue weighted by Gasteiger charge is -2.09. The first-order chi connectivity index (χ1) is 8.40. The average Bonchev–Trinajstić information content (AvgIpc) is 2.88. The molecule has 90 valence electrons. The van der Waals surface area contributed by atoms with E-state index in [0.29, 0.717) is 6.61 Å². The van der Waals surface area contributed by atoms with Gasteiger partial charge in [-0.1, -0.05) is 6.92 Å². The number of furan rings is 1. The van der Waals surface area contributed by atoms with E-state index in [4.69, 9.17) is 9.15 Å². The van der Waals surface area contributed by atoms with Gasteiger partial charge in [0, 0.05) is 18.3 Å². The van der Waals surface area contributed by atoms with Crippen LogP contribution in [0.3, 0.4) is 0 Å². The number of ether oxygens (including phenoxy) is 1. The Morgan fingerprint density at radius 3 is 3.12 bits per heavy atom. The number of pyridine rings is 1. The van der Waals surface area contributed by atoms with E-state index in [-0.39, 0.29) is 0 Å². The average molecular weight is 232 g/mol. The van der Waals surface area contributed by atoms with Gasteiger partial charge in [0.1, 0.15) is 18.1 Å². The molecule has 0 aliphatic heterocycles. The predicted octanol–water partition coefficient (Wildman–Crippen LogP) is 2.36. The van der Waals surface area contributed by atoms with Crippen molar-refractivity contribution in [3.05, 3.63) is 48.2 Å². The number of rotatable bonds is 6. The molecule has 0 spiro atoms. The van der Waals surface area contributed by atoms with Crippen LogP contribution < -0.4 is 10.1 Å². The Morgan fingerprint density at radius 1 is 1.41 bits per heavy atom. The zero-order valence-corrected chi connectivity index (χ0v) is 9.85. The second-order valence-electron chi connectivity index (χ2n) is 3.63. The summed E-state index contributed by atoms with van der Waals surface area (Å²) in [7, 11) is 0. The molecule has 4 heteroatoms. The quantitative estimate of drug-likeness (QED) is 0.830. The Morgan fingerprint density at radius 2 is 2.35 bits per heavy atom. The monoisotopic (exact) mass is 232 g/mol. The van der Waals surface area contributed by atoms with Crippen molar-refractivity contribution in [2.24, 2.45) is 0 Å². The summed E-state index contributed by atoms with van der Waals surface area (Å²) in [4.78, 5) is 4.07. The fourth-order valence-electron chi connectivity index (χ4n) is 1.49. The standard InChI is InChI=1S/C13H16N2O2/c1-2-14-8-11-5-6-15-9-13(11)17-10-12-4-3-7-16-12/h3-7,9,14H,2,8,10H2,1H3. The molecule has 0 aromatic carbocycles. The summed E-state index contributed by atoms with van der Waals surface area (Å²) in [5.41, 5.74) is 1.11. The van der Waals surface area contributed by atoms with E-state index in [1.807, 2.05) is 18.2 Å². The van der Waals surface area contributed by atoms with Crippen LogP contribution in [0.15, 0.2) is 41.3 Å². The van der Waals surface area contributed by atoms with Gasteiger partial charge in [-0.3, -0.25) is 4.98 Å². The van der Waals surface area contributed by atoms with E-state index < -0.39 is 0 Å². The van der Waals surface area contributed by atoms with Gasteiger partial charge < -0.3 is 14.5 Å². The van der Waals surface area contributed by atoms with Crippen LogP contribution in [-0.2, 0) is 13.2 Å². The van der Waals surface area contributed by atoms with Crippen molar-refractivity contribution in [2.75, 3.05) is 6.54 Å². The van der Waals surface area contributed by atoms with E-state index in [0.717, 1.165) is 30.2 Å². The first-order valence-corrected chi connectivity index (χ1v) is 5.69. The molecule has 0 atom stereocenters. The first kappa shape index (κ1) is 11.7. The summed E-state index contributed by atoms with van der Waals surface area (Å²) in [6.45, 7) is 4.22. The number of aromatic nitrogens is 1. The van der Waals surface area contributed by atoms with Gasteiger partial charge in [0.2, 0.25) is 0 Å². The number of hydrogen-bond acceptors (Lipinski definition) is 4. The molecule has 0 saturated heterocycles. The third kappa shape index (κ3) is 3.32. The molecule has 0 aliphatic rings. The maximum atomic E-state index is 5.68. The fourth-order valence-corrected chi connectivity index (χ4v) is 1.49. The van der Waals surface area contributed by atoms with E-state index in [2.05, 4.69) is 17.2 Å². The Labute approximate surface area is 101 Å². The third-order valence-corrected chi connectivity index (χ3v) is 2.39. The zero-order chi connectivity index (χ0) is 11.9. The SMILES string of the molecule is CCNCc1ccncc1OCc1ccco1. The number of nitrogens with zero attached hydrogens (tertiary/aromatic N) is 1. The third-order valence-electron chi connectivity index (χ3n) is 2.39. The lowest BCUT2D eigenvalue weighted by Crippen LogP contribution is -2.13. The van der Waals surface area contributed by atoms with E-state index in [1.54, 1.807) is 18.7 Å². The van der Waals surface area contributed by atoms with Gasteiger partial charge in [-0.25, -0.2) is 0 Å². The van der Waals surface area contributed by atoms with Crippen molar-refractivity contribution in [1.82, 2.24) is 10.3 Å². The highest BCUT2D eigenvalue weighted by molar-refractivity contribution is 5.29. The van der Waals surface area contributed by atoms with Crippen LogP contribution in [-0.4, -0.2) is 11.5 Å². The highest BCUT2D eigenvalue weighted by Crippen LogP contribution is 2.17. The van der Waals surface area contributed by atoms with E-state index in [9.17, 15) is 0 Å². The summed E-state index contributed by atoms with van der Waals surface area (Å²) < 4.78 is 10.9. The molecule has 17 heavy (non-hydrogen) atoms. The molecule has 2 heterocycles. The van der Waals surface area contributed by atoms with Crippen molar-refractivity contribution in [3.8, 4) is 5.75 Å². The molecule has 0 saturated carbocycles. The summed E-state index contributed by atoms with van der Waals surface area (Å²) in [5, 5.41) is 3.27. The molecule has 0 amide bonds. The van der Waals surface area contributed by atoms with Crippen molar-refractivity contribution in [3.63, 3.8) is 0 Å². The van der Waals surface area contributed by atoms with Crippen molar-refractivity contribution in [1.29, 1.82) is 0 Å². The Kier molecular flexibility index (Phi) is 4.16. The maximum Gasteiger partial charge on any atom is 0.146 e. The number of hydrogen-bond donors (Lipinski definition) is 1. The van der Waals surface area contributed by atoms with Gasteiger partial charge in [0.05, 0.1) is 12.5 Å². The molecule has 4 nitrogen and oxygen atoms in total. The van der Waals surface area contributed by atoms with E-state index >= 15 is 0 Å². The molecule has 0 radical (unpaired) electrons. The molecular weight excluding hydrogens is 216 g/mol. The first-order valence-electron chi connectivity index (χ1n) is 5.69. The Bertz CT molecular complexity index is 440. The molecule has 0 unspecified atom stereocenters. The van der Waals surface area contributed by atoms with Crippen LogP contribution >= 0.6 is 0 Å². The van der Waals surface area contributed by atoms with Gasteiger partial charge in [-0.2, -0.15) is 0 Å². The Balaban J connectivity index is 1.99. The topological polar surface area (TPSA) is 47.3 Å². The summed E-state index contributed by atoms with van der Waals surface area (Å²) in [6, 6.07) is 5.70. The minimum atomic E-state index is 0.428. The van der Waals surface area contributed by atoms with Crippen LogP contribution in [0.25, 0.3) is 0 Å². The minimum Gasteiger partial charge on any atom is -0.484 e. The maximum absolute atomic E-state index is 5.68. The fraction of sp³-hybridized carbons (Fsp3) is 0.308. The lowest BCUT2D eigenvalue weighted by molar-refractivity contribution is 0.266. The molecule has 2 aromatic rings. The van der Waals surface area contributed by atoms with Crippen molar-refractivity contribution < 1.29 is 9.15 Å². The van der Waals surface area contributed by atoms with Gasteiger partial charge in [-0.05, 0) is 24.7 Å². The Hall–Kier alpha value is -1.81. The minimum absolute atomic E-state index is 0.428. The van der Waals surface area contributed by atoms with Crippen LogP contribution in [0.5, 0.6) is 5.75 Å². The summed E-state index contributed by atoms with van der Waals surface area (Å²) in [6.07, 6.45) is 5.14. The lowest BCUT2D eigenvalue weighted by atomic mass is 10.2. The normalized spacial score (nSPS) is 10.4. The molecule has 2 rings (SSSR count). The van der Waals surface area contributed by atoms with Gasteiger partial charge >= 0.3 is 0 Å². The second kappa shape index (κ2) is 6.06. The zero-order valence-electron chi connectivity index (χ0n) is 9.85. The predicted molar refractivity (Wildman–Crippen MR) is 64.7 cm³/mol. The van der Waals surface area contributed by atoms with Gasteiger partial charge in [0.15, 0.2) is 0 Å². The van der Waals surface area contributed by atoms with Crippen molar-refractivity contribution in [2.45, 2.75) is 20.1 Å². The molecule has 0 bridgehead atoms. The summed E-state index contributed by atoms with van der Waals surface area (Å²) in [5.74, 6) is 1.60. The smallest absolute Gasteiger partial charge is 0.146 e. The largest absolute Gasteiger partial charge is 0.484 e. The van der Waals surface area contributed by atoms with E-state index in [1.165, 1.54) is 0 Å². The highest BCUT2D eigenvalue weighted by atomic mass is 16.5.